The number of nitrogens with one attached hydrogen (secondary N) is 1. The third kappa shape index (κ3) is 4.06. The molecule has 2 aliphatic rings. The van der Waals surface area contributed by atoms with E-state index >= 15 is 0 Å². The van der Waals surface area contributed by atoms with Crippen molar-refractivity contribution in [2.75, 3.05) is 30.0 Å². The van der Waals surface area contributed by atoms with Gasteiger partial charge in [0.05, 0.1) is 18.5 Å². The summed E-state index contributed by atoms with van der Waals surface area (Å²) in [5, 5.41) is 2.89. The Morgan fingerprint density at radius 2 is 1.83 bits per heavy atom. The van der Waals surface area contributed by atoms with E-state index in [9.17, 15) is 9.59 Å². The molecule has 1 N–H and O–H groups in total. The number of carbonyl (C=O) groups excluding carboxylic acids is 2. The first-order valence-electron chi connectivity index (χ1n) is 10.2. The first kappa shape index (κ1) is 19.3. The van der Waals surface area contributed by atoms with Gasteiger partial charge in [-0.25, -0.2) is 0 Å². The van der Waals surface area contributed by atoms with Crippen molar-refractivity contribution >= 4 is 23.2 Å². The molecule has 29 heavy (non-hydrogen) atoms. The lowest BCUT2D eigenvalue weighted by Gasteiger charge is -2.40. The van der Waals surface area contributed by atoms with Crippen LogP contribution >= 0.6 is 0 Å². The molecule has 0 bridgehead atoms. The summed E-state index contributed by atoms with van der Waals surface area (Å²) in [7, 11) is 1.61. The number of carbonyl (C=O) groups is 2. The van der Waals surface area contributed by atoms with Gasteiger partial charge in [-0.3, -0.25) is 9.59 Å². The van der Waals surface area contributed by atoms with Crippen LogP contribution in [0.3, 0.4) is 0 Å². The minimum absolute atomic E-state index is 0.0106. The maximum absolute atomic E-state index is 12.9. The summed E-state index contributed by atoms with van der Waals surface area (Å²) in [6, 6.07) is 16.1. The van der Waals surface area contributed by atoms with Gasteiger partial charge < -0.3 is 19.9 Å². The summed E-state index contributed by atoms with van der Waals surface area (Å²) in [6.07, 6.45) is 2.66. The van der Waals surface area contributed by atoms with Gasteiger partial charge >= 0.3 is 0 Å². The van der Waals surface area contributed by atoms with Crippen molar-refractivity contribution in [1.82, 2.24) is 5.32 Å². The molecule has 0 spiro atoms. The molecule has 0 saturated carbocycles. The Morgan fingerprint density at radius 1 is 1.07 bits per heavy atom. The number of amides is 2. The van der Waals surface area contributed by atoms with Crippen LogP contribution in [0.2, 0.25) is 0 Å². The first-order chi connectivity index (χ1) is 14.2. The van der Waals surface area contributed by atoms with Crippen LogP contribution in [-0.2, 0) is 16.1 Å². The molecular formula is C23H27N3O3. The third-order valence-electron chi connectivity index (χ3n) is 5.79. The minimum atomic E-state index is -0.128. The molecule has 2 aliphatic heterocycles. The predicted molar refractivity (Wildman–Crippen MR) is 113 cm³/mol. The highest BCUT2D eigenvalue weighted by Gasteiger charge is 2.35. The van der Waals surface area contributed by atoms with Crippen molar-refractivity contribution < 1.29 is 14.3 Å². The van der Waals surface area contributed by atoms with E-state index < -0.39 is 0 Å². The Balaban J connectivity index is 1.35. The smallest absolute Gasteiger partial charge is 0.227 e. The normalized spacial score (nSPS) is 17.5. The number of benzene rings is 2. The minimum Gasteiger partial charge on any atom is -0.496 e. The summed E-state index contributed by atoms with van der Waals surface area (Å²) < 4.78 is 5.31. The molecule has 2 aromatic carbocycles. The van der Waals surface area contributed by atoms with E-state index in [0.29, 0.717) is 19.1 Å². The molecule has 2 heterocycles. The van der Waals surface area contributed by atoms with Crippen LogP contribution in [0.4, 0.5) is 11.4 Å². The van der Waals surface area contributed by atoms with Gasteiger partial charge in [-0.2, -0.15) is 0 Å². The number of ether oxygens (including phenoxy) is 1. The maximum Gasteiger partial charge on any atom is 0.227 e. The highest BCUT2D eigenvalue weighted by molar-refractivity contribution is 5.99. The summed E-state index contributed by atoms with van der Waals surface area (Å²) in [5.74, 6) is 0.628. The second-order valence-corrected chi connectivity index (χ2v) is 7.57. The monoisotopic (exact) mass is 393 g/mol. The fraction of sp³-hybridized carbons (Fsp3) is 0.391. The van der Waals surface area contributed by atoms with Crippen molar-refractivity contribution in [1.29, 1.82) is 0 Å². The lowest BCUT2D eigenvalue weighted by Crippen LogP contribution is -2.48. The molecule has 1 saturated heterocycles. The van der Waals surface area contributed by atoms with Crippen LogP contribution in [0.5, 0.6) is 5.75 Å². The van der Waals surface area contributed by atoms with E-state index in [2.05, 4.69) is 16.3 Å². The zero-order valence-corrected chi connectivity index (χ0v) is 16.8. The van der Waals surface area contributed by atoms with Crippen molar-refractivity contribution in [3.05, 3.63) is 54.1 Å². The maximum atomic E-state index is 12.9. The third-order valence-corrected chi connectivity index (χ3v) is 5.79. The second kappa shape index (κ2) is 8.55. The lowest BCUT2D eigenvalue weighted by molar-refractivity contribution is -0.125. The molecule has 6 nitrogen and oxygen atoms in total. The van der Waals surface area contributed by atoms with Crippen LogP contribution in [0.15, 0.2) is 48.5 Å². The van der Waals surface area contributed by atoms with E-state index in [4.69, 9.17) is 4.74 Å². The molecular weight excluding hydrogens is 366 g/mol. The molecule has 6 heteroatoms. The van der Waals surface area contributed by atoms with Gasteiger partial charge in [0, 0.05) is 44.1 Å². The Bertz CT molecular complexity index is 898. The average Bonchev–Trinajstić information content (AvgIpc) is 3.24. The number of hydrogen-bond donors (Lipinski definition) is 1. The van der Waals surface area contributed by atoms with Crippen LogP contribution in [0.1, 0.15) is 31.2 Å². The van der Waals surface area contributed by atoms with Gasteiger partial charge in [0.25, 0.3) is 0 Å². The molecule has 0 radical (unpaired) electrons. The molecule has 1 fully saturated rings. The zero-order valence-electron chi connectivity index (χ0n) is 16.8. The molecule has 2 amide bonds. The Kier molecular flexibility index (Phi) is 5.69. The van der Waals surface area contributed by atoms with E-state index in [1.54, 1.807) is 7.11 Å². The van der Waals surface area contributed by atoms with E-state index in [1.807, 2.05) is 47.4 Å². The zero-order chi connectivity index (χ0) is 20.2. The number of hydrogen-bond acceptors (Lipinski definition) is 4. The van der Waals surface area contributed by atoms with E-state index in [-0.39, 0.29) is 24.7 Å². The Hall–Kier alpha value is -3.02. The van der Waals surface area contributed by atoms with Crippen molar-refractivity contribution in [3.8, 4) is 5.75 Å². The van der Waals surface area contributed by atoms with Gasteiger partial charge in [0.1, 0.15) is 5.75 Å². The summed E-state index contributed by atoms with van der Waals surface area (Å²) >= 11 is 0. The Morgan fingerprint density at radius 3 is 2.66 bits per heavy atom. The SMILES string of the molecule is COc1ccccc1CNC(=O)CCC(=O)N1CC2CCCN2c2ccccc21. The van der Waals surface area contributed by atoms with Crippen LogP contribution in [-0.4, -0.2) is 38.1 Å². The number of methoxy groups -OCH3 is 1. The quantitative estimate of drug-likeness (QED) is 0.819. The number of anilines is 2. The molecule has 0 aromatic heterocycles. The average molecular weight is 393 g/mol. The van der Waals surface area contributed by atoms with E-state index in [1.165, 1.54) is 0 Å². The van der Waals surface area contributed by atoms with Gasteiger partial charge in [-0.15, -0.1) is 0 Å². The lowest BCUT2D eigenvalue weighted by atomic mass is 10.1. The summed E-state index contributed by atoms with van der Waals surface area (Å²) in [5.41, 5.74) is 3.02. The molecule has 0 aliphatic carbocycles. The van der Waals surface area contributed by atoms with Crippen LogP contribution in [0.25, 0.3) is 0 Å². The molecule has 1 atom stereocenters. The predicted octanol–water partition coefficient (Wildman–Crippen LogP) is 3.11. The van der Waals surface area contributed by atoms with Gasteiger partial charge in [0.15, 0.2) is 0 Å². The highest BCUT2D eigenvalue weighted by Crippen LogP contribution is 2.39. The van der Waals surface area contributed by atoms with Crippen LogP contribution < -0.4 is 19.9 Å². The summed E-state index contributed by atoms with van der Waals surface area (Å²) in [4.78, 5) is 29.5. The van der Waals surface area contributed by atoms with Gasteiger partial charge in [-0.05, 0) is 31.0 Å². The van der Waals surface area contributed by atoms with Gasteiger partial charge in [-0.1, -0.05) is 30.3 Å². The van der Waals surface area contributed by atoms with Crippen molar-refractivity contribution in [3.63, 3.8) is 0 Å². The fourth-order valence-corrected chi connectivity index (χ4v) is 4.31. The molecule has 1 unspecified atom stereocenters. The van der Waals surface area contributed by atoms with Crippen molar-refractivity contribution in [2.24, 2.45) is 0 Å². The topological polar surface area (TPSA) is 61.9 Å². The Labute approximate surface area is 171 Å². The number of fused-ring (bicyclic) bond motifs is 3. The number of rotatable bonds is 6. The largest absolute Gasteiger partial charge is 0.496 e. The standard InChI is InChI=1S/C23H27N3O3/c1-29-21-11-5-2-7-17(21)15-24-22(27)12-13-23(28)26-16-18-8-6-14-25(18)19-9-3-4-10-20(19)26/h2-5,7,9-11,18H,6,8,12-16H2,1H3,(H,24,27). The molecule has 4 rings (SSSR count). The number of nitrogens with zero attached hydrogens (tertiary/aromatic N) is 2. The fourth-order valence-electron chi connectivity index (χ4n) is 4.31. The van der Waals surface area contributed by atoms with Crippen LogP contribution in [0, 0.1) is 0 Å². The van der Waals surface area contributed by atoms with Gasteiger partial charge in [0.2, 0.25) is 11.8 Å². The van der Waals surface area contributed by atoms with Crippen molar-refractivity contribution in [2.45, 2.75) is 38.3 Å². The summed E-state index contributed by atoms with van der Waals surface area (Å²) in [6.45, 7) is 2.15. The number of para-hydroxylation sites is 3. The second-order valence-electron chi connectivity index (χ2n) is 7.57. The molecule has 2 aromatic rings. The first-order valence-corrected chi connectivity index (χ1v) is 10.2. The van der Waals surface area contributed by atoms with E-state index in [0.717, 1.165) is 42.1 Å². The molecule has 152 valence electrons. The highest BCUT2D eigenvalue weighted by atomic mass is 16.5.